The molecule has 6 nitrogen and oxygen atoms in total. The second-order valence-corrected chi connectivity index (χ2v) is 5.84. The number of hydrogen-bond donors (Lipinski definition) is 2. The van der Waals surface area contributed by atoms with Gasteiger partial charge in [-0.1, -0.05) is 19.1 Å². The molecule has 1 aromatic carbocycles. The summed E-state index contributed by atoms with van der Waals surface area (Å²) in [5, 5.41) is 6.10. The van der Waals surface area contributed by atoms with Crippen LogP contribution in [0.2, 0.25) is 0 Å². The molecule has 132 valence electrons. The van der Waals surface area contributed by atoms with Gasteiger partial charge in [-0.25, -0.2) is 4.98 Å². The number of ether oxygens (including phenoxy) is 2. The summed E-state index contributed by atoms with van der Waals surface area (Å²) >= 11 is 0. The normalized spacial score (nSPS) is 13.0. The first-order valence-corrected chi connectivity index (χ1v) is 8.63. The molecular weight excluding hydrogens is 318 g/mol. The van der Waals surface area contributed by atoms with Gasteiger partial charge in [-0.3, -0.25) is 4.79 Å². The molecule has 0 radical (unpaired) electrons. The number of pyridine rings is 1. The number of rotatable bonds is 6. The van der Waals surface area contributed by atoms with Crippen molar-refractivity contribution in [3.8, 4) is 11.5 Å². The minimum absolute atomic E-state index is 0.0974. The number of anilines is 1. The third kappa shape index (κ3) is 4.41. The van der Waals surface area contributed by atoms with Crippen LogP contribution in [0.1, 0.15) is 35.7 Å². The number of nitrogens with one attached hydrogen (secondary N) is 2. The molecule has 1 aliphatic heterocycles. The van der Waals surface area contributed by atoms with Gasteiger partial charge in [0, 0.05) is 31.3 Å². The van der Waals surface area contributed by atoms with E-state index in [-0.39, 0.29) is 5.91 Å². The van der Waals surface area contributed by atoms with Crippen LogP contribution in [0.25, 0.3) is 0 Å². The Morgan fingerprint density at radius 1 is 1.20 bits per heavy atom. The highest BCUT2D eigenvalue weighted by Crippen LogP contribution is 2.33. The zero-order chi connectivity index (χ0) is 17.5. The minimum atomic E-state index is -0.0974. The van der Waals surface area contributed by atoms with Crippen LogP contribution < -0.4 is 20.1 Å². The standard InChI is InChI=1S/C19H23N3O3/c1-2-9-20-19(23)15-7-8-17(22-13-15)21-12-14-5-3-6-16-18(14)25-11-4-10-24-16/h3,5-8,13H,2,4,9-12H2,1H3,(H,20,23)(H,21,22). The summed E-state index contributed by atoms with van der Waals surface area (Å²) in [6, 6.07) is 9.46. The largest absolute Gasteiger partial charge is 0.490 e. The first kappa shape index (κ1) is 17.1. The van der Waals surface area contributed by atoms with E-state index in [1.165, 1.54) is 0 Å². The lowest BCUT2D eigenvalue weighted by Gasteiger charge is -2.13. The van der Waals surface area contributed by atoms with Crippen molar-refractivity contribution in [1.82, 2.24) is 10.3 Å². The second-order valence-electron chi connectivity index (χ2n) is 5.84. The van der Waals surface area contributed by atoms with Crippen LogP contribution in [0.15, 0.2) is 36.5 Å². The Balaban J connectivity index is 1.63. The predicted molar refractivity (Wildman–Crippen MR) is 96.2 cm³/mol. The summed E-state index contributed by atoms with van der Waals surface area (Å²) < 4.78 is 11.5. The third-order valence-corrected chi connectivity index (χ3v) is 3.87. The topological polar surface area (TPSA) is 72.5 Å². The SMILES string of the molecule is CCCNC(=O)c1ccc(NCc2cccc3c2OCCCO3)nc1. The average molecular weight is 341 g/mol. The van der Waals surface area contributed by atoms with E-state index in [9.17, 15) is 4.79 Å². The fourth-order valence-electron chi connectivity index (χ4n) is 2.55. The number of carbonyl (C=O) groups excluding carboxylic acids is 1. The quantitative estimate of drug-likeness (QED) is 0.845. The third-order valence-electron chi connectivity index (χ3n) is 3.87. The van der Waals surface area contributed by atoms with E-state index < -0.39 is 0 Å². The van der Waals surface area contributed by atoms with Crippen LogP contribution >= 0.6 is 0 Å². The first-order chi connectivity index (χ1) is 12.3. The minimum Gasteiger partial charge on any atom is -0.490 e. The zero-order valence-electron chi connectivity index (χ0n) is 14.4. The Bertz CT molecular complexity index is 716. The van der Waals surface area contributed by atoms with Crippen LogP contribution in [0.5, 0.6) is 11.5 Å². The van der Waals surface area contributed by atoms with Gasteiger partial charge < -0.3 is 20.1 Å². The number of benzene rings is 1. The molecule has 1 amide bonds. The smallest absolute Gasteiger partial charge is 0.252 e. The lowest BCUT2D eigenvalue weighted by molar-refractivity contribution is 0.0953. The molecule has 3 rings (SSSR count). The number of hydrogen-bond acceptors (Lipinski definition) is 5. The summed E-state index contributed by atoms with van der Waals surface area (Å²) in [7, 11) is 0. The maximum Gasteiger partial charge on any atom is 0.252 e. The van der Waals surface area contributed by atoms with Crippen molar-refractivity contribution < 1.29 is 14.3 Å². The first-order valence-electron chi connectivity index (χ1n) is 8.63. The van der Waals surface area contributed by atoms with Crippen molar-refractivity contribution in [2.24, 2.45) is 0 Å². The molecule has 0 saturated carbocycles. The molecule has 2 N–H and O–H groups in total. The Kier molecular flexibility index (Phi) is 5.72. The summed E-state index contributed by atoms with van der Waals surface area (Å²) in [5.74, 6) is 2.19. The van der Waals surface area contributed by atoms with Crippen molar-refractivity contribution in [1.29, 1.82) is 0 Å². The highest BCUT2D eigenvalue weighted by atomic mass is 16.5. The Morgan fingerprint density at radius 2 is 2.08 bits per heavy atom. The van der Waals surface area contributed by atoms with Gasteiger partial charge >= 0.3 is 0 Å². The lowest BCUT2D eigenvalue weighted by Crippen LogP contribution is -2.24. The molecule has 0 fully saturated rings. The number of aromatic nitrogens is 1. The number of carbonyl (C=O) groups is 1. The van der Waals surface area contributed by atoms with E-state index in [0.29, 0.717) is 37.7 Å². The highest BCUT2D eigenvalue weighted by Gasteiger charge is 2.14. The van der Waals surface area contributed by atoms with E-state index in [0.717, 1.165) is 29.9 Å². The Morgan fingerprint density at radius 3 is 2.88 bits per heavy atom. The number of amides is 1. The number of para-hydroxylation sites is 1. The molecule has 2 aromatic rings. The molecule has 1 aromatic heterocycles. The Hall–Kier alpha value is -2.76. The maximum absolute atomic E-state index is 11.9. The van der Waals surface area contributed by atoms with Gasteiger partial charge in [-0.05, 0) is 24.6 Å². The summed E-state index contributed by atoms with van der Waals surface area (Å²) in [5.41, 5.74) is 1.58. The van der Waals surface area contributed by atoms with Gasteiger partial charge in [-0.2, -0.15) is 0 Å². The van der Waals surface area contributed by atoms with Gasteiger partial charge in [0.05, 0.1) is 18.8 Å². The van der Waals surface area contributed by atoms with Gasteiger partial charge in [0.15, 0.2) is 11.5 Å². The number of fused-ring (bicyclic) bond motifs is 1. The molecule has 25 heavy (non-hydrogen) atoms. The molecule has 0 bridgehead atoms. The van der Waals surface area contributed by atoms with Gasteiger partial charge in [0.25, 0.3) is 5.91 Å². The summed E-state index contributed by atoms with van der Waals surface area (Å²) in [4.78, 5) is 16.2. The molecule has 2 heterocycles. The molecule has 1 aliphatic rings. The summed E-state index contributed by atoms with van der Waals surface area (Å²) in [6.45, 7) is 4.59. The van der Waals surface area contributed by atoms with Crippen molar-refractivity contribution in [3.63, 3.8) is 0 Å². The van der Waals surface area contributed by atoms with Crippen LogP contribution in [0.4, 0.5) is 5.82 Å². The van der Waals surface area contributed by atoms with Gasteiger partial charge in [0.2, 0.25) is 0 Å². The lowest BCUT2D eigenvalue weighted by atomic mass is 10.2. The Labute approximate surface area is 147 Å². The molecular formula is C19H23N3O3. The van der Waals surface area contributed by atoms with E-state index in [1.54, 1.807) is 18.3 Å². The predicted octanol–water partition coefficient (Wildman–Crippen LogP) is 2.99. The van der Waals surface area contributed by atoms with E-state index in [2.05, 4.69) is 15.6 Å². The van der Waals surface area contributed by atoms with E-state index in [4.69, 9.17) is 9.47 Å². The molecule has 6 heteroatoms. The zero-order valence-corrected chi connectivity index (χ0v) is 14.4. The van der Waals surface area contributed by atoms with Crippen molar-refractivity contribution in [3.05, 3.63) is 47.7 Å². The second kappa shape index (κ2) is 8.37. The maximum atomic E-state index is 11.9. The molecule has 0 spiro atoms. The van der Waals surface area contributed by atoms with Crippen LogP contribution in [-0.2, 0) is 6.54 Å². The fraction of sp³-hybridized carbons (Fsp3) is 0.368. The van der Waals surface area contributed by atoms with Crippen LogP contribution in [0.3, 0.4) is 0 Å². The van der Waals surface area contributed by atoms with Crippen LogP contribution in [-0.4, -0.2) is 30.6 Å². The average Bonchev–Trinajstić information content (AvgIpc) is 2.90. The van der Waals surface area contributed by atoms with Crippen molar-refractivity contribution >= 4 is 11.7 Å². The van der Waals surface area contributed by atoms with E-state index >= 15 is 0 Å². The monoisotopic (exact) mass is 341 g/mol. The fourth-order valence-corrected chi connectivity index (χ4v) is 2.55. The van der Waals surface area contributed by atoms with Gasteiger partial charge in [-0.15, -0.1) is 0 Å². The van der Waals surface area contributed by atoms with E-state index in [1.807, 2.05) is 25.1 Å². The summed E-state index contributed by atoms with van der Waals surface area (Å²) in [6.07, 6.45) is 3.37. The molecule has 0 aliphatic carbocycles. The molecule has 0 atom stereocenters. The van der Waals surface area contributed by atoms with Gasteiger partial charge in [0.1, 0.15) is 5.82 Å². The molecule has 0 unspecified atom stereocenters. The van der Waals surface area contributed by atoms with Crippen molar-refractivity contribution in [2.75, 3.05) is 25.1 Å². The molecule has 0 saturated heterocycles. The van der Waals surface area contributed by atoms with Crippen molar-refractivity contribution in [2.45, 2.75) is 26.3 Å². The van der Waals surface area contributed by atoms with Crippen LogP contribution in [0, 0.1) is 0 Å². The number of nitrogens with zero attached hydrogens (tertiary/aromatic N) is 1. The highest BCUT2D eigenvalue weighted by molar-refractivity contribution is 5.94.